The SMILES string of the molecule is CC1CCC(C2CCNC2C(=O)O)CC1. The van der Waals surface area contributed by atoms with E-state index in [1.165, 1.54) is 25.7 Å². The molecule has 86 valence electrons. The van der Waals surface area contributed by atoms with Crippen LogP contribution in [-0.4, -0.2) is 23.7 Å². The number of nitrogens with one attached hydrogen (secondary N) is 1. The van der Waals surface area contributed by atoms with Crippen molar-refractivity contribution in [1.29, 1.82) is 0 Å². The summed E-state index contributed by atoms with van der Waals surface area (Å²) in [6, 6.07) is -0.275. The van der Waals surface area contributed by atoms with E-state index in [2.05, 4.69) is 12.2 Å². The third-order valence-electron chi connectivity index (χ3n) is 4.20. The van der Waals surface area contributed by atoms with Crippen molar-refractivity contribution >= 4 is 5.97 Å². The zero-order chi connectivity index (χ0) is 10.8. The van der Waals surface area contributed by atoms with Gasteiger partial charge in [-0.15, -0.1) is 0 Å². The smallest absolute Gasteiger partial charge is 0.320 e. The van der Waals surface area contributed by atoms with E-state index in [4.69, 9.17) is 5.11 Å². The molecule has 1 heterocycles. The largest absolute Gasteiger partial charge is 0.480 e. The first-order valence-corrected chi connectivity index (χ1v) is 6.14. The quantitative estimate of drug-likeness (QED) is 0.733. The molecule has 0 amide bonds. The van der Waals surface area contributed by atoms with Gasteiger partial charge in [-0.1, -0.05) is 19.8 Å². The van der Waals surface area contributed by atoms with Gasteiger partial charge >= 0.3 is 5.97 Å². The van der Waals surface area contributed by atoms with Crippen LogP contribution in [0.5, 0.6) is 0 Å². The minimum absolute atomic E-state index is 0.275. The second-order valence-electron chi connectivity index (χ2n) is 5.24. The molecule has 1 saturated heterocycles. The van der Waals surface area contributed by atoms with Crippen molar-refractivity contribution in [2.45, 2.75) is 45.1 Å². The van der Waals surface area contributed by atoms with Gasteiger partial charge < -0.3 is 10.4 Å². The van der Waals surface area contributed by atoms with Crippen molar-refractivity contribution in [3.8, 4) is 0 Å². The minimum atomic E-state index is -0.656. The first-order chi connectivity index (χ1) is 7.18. The van der Waals surface area contributed by atoms with E-state index in [-0.39, 0.29) is 6.04 Å². The molecule has 2 rings (SSSR count). The van der Waals surface area contributed by atoms with E-state index in [0.29, 0.717) is 11.8 Å². The van der Waals surface area contributed by atoms with Gasteiger partial charge in [-0.2, -0.15) is 0 Å². The van der Waals surface area contributed by atoms with Crippen LogP contribution in [0.25, 0.3) is 0 Å². The maximum Gasteiger partial charge on any atom is 0.320 e. The van der Waals surface area contributed by atoms with Gasteiger partial charge in [0, 0.05) is 0 Å². The number of hydrogen-bond acceptors (Lipinski definition) is 2. The molecule has 0 aromatic heterocycles. The van der Waals surface area contributed by atoms with Crippen molar-refractivity contribution < 1.29 is 9.90 Å². The molecule has 2 aliphatic rings. The maximum absolute atomic E-state index is 11.1. The Balaban J connectivity index is 1.94. The van der Waals surface area contributed by atoms with Crippen LogP contribution >= 0.6 is 0 Å². The van der Waals surface area contributed by atoms with Crippen molar-refractivity contribution in [2.75, 3.05) is 6.54 Å². The average molecular weight is 211 g/mol. The van der Waals surface area contributed by atoms with Gasteiger partial charge in [0.15, 0.2) is 0 Å². The molecule has 3 nitrogen and oxygen atoms in total. The van der Waals surface area contributed by atoms with Gasteiger partial charge in [-0.25, -0.2) is 0 Å². The molecule has 0 aromatic rings. The number of aliphatic carboxylic acids is 1. The zero-order valence-electron chi connectivity index (χ0n) is 9.41. The number of carbonyl (C=O) groups is 1. The highest BCUT2D eigenvalue weighted by atomic mass is 16.4. The Kier molecular flexibility index (Phi) is 3.29. The highest BCUT2D eigenvalue weighted by Crippen LogP contribution is 2.37. The molecule has 1 saturated carbocycles. The molecule has 1 aliphatic heterocycles. The summed E-state index contributed by atoms with van der Waals surface area (Å²) in [5.41, 5.74) is 0. The first-order valence-electron chi connectivity index (χ1n) is 6.14. The average Bonchev–Trinajstić information content (AvgIpc) is 2.67. The van der Waals surface area contributed by atoms with Crippen molar-refractivity contribution in [3.05, 3.63) is 0 Å². The van der Waals surface area contributed by atoms with Crippen molar-refractivity contribution in [1.82, 2.24) is 5.32 Å². The zero-order valence-corrected chi connectivity index (χ0v) is 9.41. The lowest BCUT2D eigenvalue weighted by atomic mass is 9.74. The topological polar surface area (TPSA) is 49.3 Å². The van der Waals surface area contributed by atoms with Crippen molar-refractivity contribution in [2.24, 2.45) is 17.8 Å². The Hall–Kier alpha value is -0.570. The fraction of sp³-hybridized carbons (Fsp3) is 0.917. The highest BCUT2D eigenvalue weighted by molar-refractivity contribution is 5.74. The summed E-state index contributed by atoms with van der Waals surface area (Å²) < 4.78 is 0. The summed E-state index contributed by atoms with van der Waals surface area (Å²) in [6.45, 7) is 3.19. The van der Waals surface area contributed by atoms with E-state index in [0.717, 1.165) is 18.9 Å². The Labute approximate surface area is 91.2 Å². The first kappa shape index (κ1) is 10.9. The van der Waals surface area contributed by atoms with Crippen LogP contribution < -0.4 is 5.32 Å². The normalized spacial score (nSPS) is 41.7. The standard InChI is InChI=1S/C12H21NO2/c1-8-2-4-9(5-3-8)10-6-7-13-11(10)12(14)15/h8-11,13H,2-7H2,1H3,(H,14,15). The van der Waals surface area contributed by atoms with Gasteiger partial charge in [0.1, 0.15) is 6.04 Å². The molecule has 0 radical (unpaired) electrons. The van der Waals surface area contributed by atoms with Crippen LogP contribution in [0.15, 0.2) is 0 Å². The fourth-order valence-electron chi connectivity index (χ4n) is 3.22. The molecule has 3 heteroatoms. The lowest BCUT2D eigenvalue weighted by molar-refractivity contribution is -0.140. The second-order valence-corrected chi connectivity index (χ2v) is 5.24. The molecule has 0 aromatic carbocycles. The lowest BCUT2D eigenvalue weighted by Gasteiger charge is -2.32. The minimum Gasteiger partial charge on any atom is -0.480 e. The van der Waals surface area contributed by atoms with Crippen LogP contribution in [0.4, 0.5) is 0 Å². The summed E-state index contributed by atoms with van der Waals surface area (Å²) >= 11 is 0. The van der Waals surface area contributed by atoms with E-state index in [9.17, 15) is 4.79 Å². The summed E-state index contributed by atoms with van der Waals surface area (Å²) in [4.78, 5) is 11.1. The number of rotatable bonds is 2. The predicted octanol–water partition coefficient (Wildman–Crippen LogP) is 1.88. The van der Waals surface area contributed by atoms with Gasteiger partial charge in [0.05, 0.1) is 0 Å². The van der Waals surface area contributed by atoms with E-state index < -0.39 is 5.97 Å². The Morgan fingerprint density at radius 2 is 1.87 bits per heavy atom. The van der Waals surface area contributed by atoms with E-state index >= 15 is 0 Å². The van der Waals surface area contributed by atoms with E-state index in [1.807, 2.05) is 0 Å². The van der Waals surface area contributed by atoms with E-state index in [1.54, 1.807) is 0 Å². The molecule has 15 heavy (non-hydrogen) atoms. The van der Waals surface area contributed by atoms with Crippen LogP contribution in [0.2, 0.25) is 0 Å². The van der Waals surface area contributed by atoms with Crippen LogP contribution in [-0.2, 0) is 4.79 Å². The lowest BCUT2D eigenvalue weighted by Crippen LogP contribution is -2.39. The Morgan fingerprint density at radius 3 is 2.47 bits per heavy atom. The molecule has 2 N–H and O–H groups in total. The van der Waals surface area contributed by atoms with Gasteiger partial charge in [-0.3, -0.25) is 4.79 Å². The molecule has 2 unspecified atom stereocenters. The highest BCUT2D eigenvalue weighted by Gasteiger charge is 2.38. The fourth-order valence-corrected chi connectivity index (χ4v) is 3.22. The maximum atomic E-state index is 11.1. The van der Waals surface area contributed by atoms with Gasteiger partial charge in [0.2, 0.25) is 0 Å². The molecular formula is C12H21NO2. The third-order valence-corrected chi connectivity index (χ3v) is 4.20. The van der Waals surface area contributed by atoms with Gasteiger partial charge in [-0.05, 0) is 43.6 Å². The third kappa shape index (κ3) is 2.33. The summed E-state index contributed by atoms with van der Waals surface area (Å²) in [5.74, 6) is 1.22. The molecule has 0 bridgehead atoms. The number of hydrogen-bond donors (Lipinski definition) is 2. The Morgan fingerprint density at radius 1 is 1.20 bits per heavy atom. The predicted molar refractivity (Wildman–Crippen MR) is 58.7 cm³/mol. The van der Waals surface area contributed by atoms with Crippen LogP contribution in [0, 0.1) is 17.8 Å². The summed E-state index contributed by atoms with van der Waals surface area (Å²) in [7, 11) is 0. The summed E-state index contributed by atoms with van der Waals surface area (Å²) in [6.07, 6.45) is 6.09. The number of carboxylic acid groups (broad SMARTS) is 1. The van der Waals surface area contributed by atoms with Crippen molar-refractivity contribution in [3.63, 3.8) is 0 Å². The monoisotopic (exact) mass is 211 g/mol. The molecule has 1 aliphatic carbocycles. The molecule has 2 atom stereocenters. The molecule has 2 fully saturated rings. The summed E-state index contributed by atoms with van der Waals surface area (Å²) in [5, 5.41) is 12.2. The number of carboxylic acids is 1. The van der Waals surface area contributed by atoms with Crippen LogP contribution in [0.3, 0.4) is 0 Å². The van der Waals surface area contributed by atoms with Gasteiger partial charge in [0.25, 0.3) is 0 Å². The second kappa shape index (κ2) is 4.52. The molecular weight excluding hydrogens is 190 g/mol. The molecule has 0 spiro atoms. The Bertz CT molecular complexity index is 234. The van der Waals surface area contributed by atoms with Crippen LogP contribution in [0.1, 0.15) is 39.0 Å².